The van der Waals surface area contributed by atoms with Crippen LogP contribution in [0.5, 0.6) is 11.5 Å². The van der Waals surface area contributed by atoms with Crippen LogP contribution < -0.4 is 0 Å². The number of unbranched alkanes of at least 4 members (excludes halogenated alkanes) is 18. The fraction of sp³-hybridized carbons (Fsp3) is 0.611. The van der Waals surface area contributed by atoms with Crippen LogP contribution in [0.25, 0.3) is 0 Å². The minimum absolute atomic E-state index is 0.322. The molecule has 0 unspecified atom stereocenters. The maximum atomic E-state index is 8.63. The number of phenols is 2. The zero-order chi connectivity index (χ0) is 30.4. The SMILES string of the molecule is Oc1ccccc1.Oc1ccccc1.[CH2-]CCCCCCCCCCC.[CH2-]CCCCCCCCCCC.[O]=[Ti+2]. The van der Waals surface area contributed by atoms with Crippen molar-refractivity contribution in [2.75, 3.05) is 0 Å². The summed E-state index contributed by atoms with van der Waals surface area (Å²) in [6, 6.07) is 17.4. The molecule has 0 radical (unpaired) electrons. The van der Waals surface area contributed by atoms with Gasteiger partial charge in [0.1, 0.15) is 11.5 Å². The van der Waals surface area contributed by atoms with Crippen molar-refractivity contribution in [3.63, 3.8) is 0 Å². The second-order valence-corrected chi connectivity index (χ2v) is 10.0. The van der Waals surface area contributed by atoms with Crippen LogP contribution in [0.15, 0.2) is 60.7 Å². The maximum absolute atomic E-state index is 8.63. The fourth-order valence-corrected chi connectivity index (χ4v) is 3.83. The second kappa shape index (κ2) is 42.0. The minimum atomic E-state index is 0.322. The molecule has 0 aromatic heterocycles. The first-order chi connectivity index (χ1) is 19.6. The first-order valence-corrected chi connectivity index (χ1v) is 16.5. The van der Waals surface area contributed by atoms with Gasteiger partial charge < -0.3 is 24.1 Å². The molecule has 228 valence electrons. The average molecular weight is 591 g/mol. The van der Waals surface area contributed by atoms with E-state index in [1.165, 1.54) is 116 Å². The summed E-state index contributed by atoms with van der Waals surface area (Å²) in [6.45, 7) is 12.2. The molecule has 4 heteroatoms. The molecule has 2 aromatic rings. The molecule has 0 aliphatic rings. The average Bonchev–Trinajstić information content (AvgIpc) is 2.99. The Balaban J connectivity index is -0.000000457. The normalized spacial score (nSPS) is 9.45. The third-order valence-electron chi connectivity index (χ3n) is 6.22. The van der Waals surface area contributed by atoms with E-state index in [2.05, 4.69) is 27.7 Å². The van der Waals surface area contributed by atoms with E-state index in [1.54, 1.807) is 48.5 Å². The molecule has 0 aliphatic heterocycles. The van der Waals surface area contributed by atoms with Gasteiger partial charge in [-0.25, -0.2) is 0 Å². The van der Waals surface area contributed by atoms with E-state index in [-0.39, 0.29) is 0 Å². The van der Waals surface area contributed by atoms with Crippen molar-refractivity contribution in [1.82, 2.24) is 0 Å². The Labute approximate surface area is 261 Å². The molecule has 0 atom stereocenters. The number of benzene rings is 2. The molecule has 0 bridgehead atoms. The van der Waals surface area contributed by atoms with Gasteiger partial charge in [0.2, 0.25) is 0 Å². The van der Waals surface area contributed by atoms with Gasteiger partial charge in [-0.3, -0.25) is 0 Å². The summed E-state index contributed by atoms with van der Waals surface area (Å²) < 4.78 is 8.25. The van der Waals surface area contributed by atoms with Crippen LogP contribution in [0.3, 0.4) is 0 Å². The third kappa shape index (κ3) is 43.6. The summed E-state index contributed by atoms with van der Waals surface area (Å²) in [5.41, 5.74) is 0. The van der Waals surface area contributed by atoms with Crippen LogP contribution in [0.1, 0.15) is 142 Å². The molecule has 0 saturated carbocycles. The summed E-state index contributed by atoms with van der Waals surface area (Å²) in [7, 11) is 0. The molecule has 40 heavy (non-hydrogen) atoms. The summed E-state index contributed by atoms with van der Waals surface area (Å²) in [4.78, 5) is 0. The van der Waals surface area contributed by atoms with Crippen molar-refractivity contribution in [3.05, 3.63) is 74.5 Å². The van der Waals surface area contributed by atoms with E-state index < -0.39 is 0 Å². The number of hydrogen-bond donors (Lipinski definition) is 2. The van der Waals surface area contributed by atoms with Gasteiger partial charge in [-0.2, -0.15) is 12.8 Å². The van der Waals surface area contributed by atoms with E-state index >= 15 is 0 Å². The Morgan fingerprint density at radius 2 is 0.675 bits per heavy atom. The molecule has 0 saturated heterocycles. The fourth-order valence-electron chi connectivity index (χ4n) is 3.83. The topological polar surface area (TPSA) is 57.5 Å². The van der Waals surface area contributed by atoms with Crippen LogP contribution >= 0.6 is 0 Å². The van der Waals surface area contributed by atoms with Crippen molar-refractivity contribution in [2.45, 2.75) is 142 Å². The van der Waals surface area contributed by atoms with Gasteiger partial charge in [0.25, 0.3) is 0 Å². The van der Waals surface area contributed by atoms with Gasteiger partial charge in [0.15, 0.2) is 0 Å². The van der Waals surface area contributed by atoms with Crippen LogP contribution in [-0.2, 0) is 23.7 Å². The molecule has 0 amide bonds. The molecular weight excluding hydrogens is 528 g/mol. The first-order valence-electron chi connectivity index (χ1n) is 15.9. The Morgan fingerprint density at radius 3 is 0.850 bits per heavy atom. The predicted octanol–water partition coefficient (Wildman–Crippen LogP) is 12.1. The third-order valence-corrected chi connectivity index (χ3v) is 6.22. The molecule has 0 fully saturated rings. The van der Waals surface area contributed by atoms with Gasteiger partial charge >= 0.3 is 23.7 Å². The second-order valence-electron chi connectivity index (χ2n) is 10.0. The van der Waals surface area contributed by atoms with E-state index in [9.17, 15) is 0 Å². The Hall–Kier alpha value is -1.45. The molecule has 3 nitrogen and oxygen atoms in total. The summed E-state index contributed by atoms with van der Waals surface area (Å²) >= 11 is 0.750. The van der Waals surface area contributed by atoms with Gasteiger partial charge in [0, 0.05) is 0 Å². The van der Waals surface area contributed by atoms with Crippen LogP contribution in [0.2, 0.25) is 0 Å². The summed E-state index contributed by atoms with van der Waals surface area (Å²) in [6.07, 6.45) is 27.8. The van der Waals surface area contributed by atoms with Crippen molar-refractivity contribution in [2.24, 2.45) is 0 Å². The summed E-state index contributed by atoms with van der Waals surface area (Å²) in [5.74, 6) is 0.644. The number of rotatable bonds is 18. The van der Waals surface area contributed by atoms with Gasteiger partial charge in [-0.1, -0.05) is 166 Å². The Morgan fingerprint density at radius 1 is 0.450 bits per heavy atom. The van der Waals surface area contributed by atoms with Crippen molar-refractivity contribution in [3.8, 4) is 11.5 Å². The van der Waals surface area contributed by atoms with Crippen molar-refractivity contribution < 1.29 is 33.9 Å². The molecule has 2 N–H and O–H groups in total. The first kappa shape index (κ1) is 43.0. The van der Waals surface area contributed by atoms with Crippen LogP contribution in [-0.4, -0.2) is 10.2 Å². The number of phenolic OH excluding ortho intramolecular Hbond substituents is 2. The molecule has 2 aromatic carbocycles. The standard InChI is InChI=1S/2C12H25.2C6H6O.O.Ti/c2*1-3-5-7-9-11-12-10-8-6-4-2;2*7-6-4-2-1-3-5-6;;/h2*1,3-12H2,2H3;2*1-5,7H;;/q2*-1;;;;+2. The summed E-state index contributed by atoms with van der Waals surface area (Å²) in [5, 5.41) is 17.3. The molecule has 0 heterocycles. The predicted molar refractivity (Wildman–Crippen MR) is 171 cm³/mol. The Bertz CT molecular complexity index is 574. The van der Waals surface area contributed by atoms with Gasteiger partial charge in [0.05, 0.1) is 0 Å². The van der Waals surface area contributed by atoms with E-state index in [1.807, 2.05) is 12.1 Å². The van der Waals surface area contributed by atoms with E-state index in [0.717, 1.165) is 33.2 Å². The molecular formula is C36H62O3Ti. The molecule has 0 spiro atoms. The number of hydrogen-bond acceptors (Lipinski definition) is 3. The number of aromatic hydroxyl groups is 2. The monoisotopic (exact) mass is 590 g/mol. The zero-order valence-corrected chi connectivity index (χ0v) is 27.7. The molecule has 2 rings (SSSR count). The molecule has 0 aliphatic carbocycles. The van der Waals surface area contributed by atoms with Crippen molar-refractivity contribution in [1.29, 1.82) is 0 Å². The van der Waals surface area contributed by atoms with Crippen LogP contribution in [0.4, 0.5) is 0 Å². The van der Waals surface area contributed by atoms with Crippen LogP contribution in [0, 0.1) is 13.8 Å². The Kier molecular flexibility index (Phi) is 45.2. The van der Waals surface area contributed by atoms with E-state index in [4.69, 9.17) is 13.5 Å². The number of para-hydroxylation sites is 2. The van der Waals surface area contributed by atoms with Crippen molar-refractivity contribution >= 4 is 0 Å². The zero-order valence-electron chi connectivity index (χ0n) is 26.1. The van der Waals surface area contributed by atoms with Gasteiger partial charge in [-0.15, -0.1) is 0 Å². The quantitative estimate of drug-likeness (QED) is 0.103. The van der Waals surface area contributed by atoms with Gasteiger partial charge in [-0.05, 0) is 24.3 Å². The van der Waals surface area contributed by atoms with E-state index in [0.29, 0.717) is 11.5 Å².